The Hall–Kier alpha value is -1.84. The first-order valence-electron chi connectivity index (χ1n) is 7.83. The van der Waals surface area contributed by atoms with Gasteiger partial charge in [-0.1, -0.05) is 60.7 Å². The Labute approximate surface area is 144 Å². The number of benzene rings is 2. The summed E-state index contributed by atoms with van der Waals surface area (Å²) in [6, 6.07) is 19.8. The van der Waals surface area contributed by atoms with E-state index in [4.69, 9.17) is 5.73 Å². The van der Waals surface area contributed by atoms with Crippen LogP contribution in [0.4, 0.5) is 0 Å². The molecule has 0 spiro atoms. The van der Waals surface area contributed by atoms with Crippen LogP contribution >= 0.6 is 12.4 Å². The van der Waals surface area contributed by atoms with Gasteiger partial charge in [0.05, 0.1) is 0 Å². The van der Waals surface area contributed by atoms with Crippen LogP contribution in [0, 0.1) is 0 Å². The van der Waals surface area contributed by atoms with Gasteiger partial charge in [0.1, 0.15) is 0 Å². The van der Waals surface area contributed by atoms with Gasteiger partial charge < -0.3 is 10.6 Å². The summed E-state index contributed by atoms with van der Waals surface area (Å²) in [4.78, 5) is 14.3. The Morgan fingerprint density at radius 1 is 1.04 bits per heavy atom. The van der Waals surface area contributed by atoms with Crippen LogP contribution in [0.5, 0.6) is 0 Å². The molecule has 0 saturated carbocycles. The first-order chi connectivity index (χ1) is 10.7. The third-order valence-corrected chi connectivity index (χ3v) is 3.87. The van der Waals surface area contributed by atoms with Crippen LogP contribution in [-0.2, 0) is 11.2 Å². The number of hydrogen-bond acceptors (Lipinski definition) is 2. The fourth-order valence-electron chi connectivity index (χ4n) is 2.50. The lowest BCUT2D eigenvalue weighted by molar-refractivity contribution is -0.131. The number of hydrogen-bond donors (Lipinski definition) is 1. The Morgan fingerprint density at radius 3 is 2.17 bits per heavy atom. The van der Waals surface area contributed by atoms with Gasteiger partial charge in [-0.3, -0.25) is 4.79 Å². The average molecular weight is 333 g/mol. The van der Waals surface area contributed by atoms with Gasteiger partial charge in [0.25, 0.3) is 0 Å². The molecule has 2 aromatic carbocycles. The lowest BCUT2D eigenvalue weighted by atomic mass is 10.0. The SMILES string of the molecule is CCN(CCc1ccccc1)C(=O)CC(N)c1ccccc1.Cl. The van der Waals surface area contributed by atoms with Crippen molar-refractivity contribution in [3.8, 4) is 0 Å². The maximum atomic E-state index is 12.4. The molecule has 0 fully saturated rings. The maximum Gasteiger partial charge on any atom is 0.224 e. The summed E-state index contributed by atoms with van der Waals surface area (Å²) >= 11 is 0. The second-order valence-electron chi connectivity index (χ2n) is 5.43. The van der Waals surface area contributed by atoms with E-state index in [0.717, 1.165) is 18.5 Å². The largest absolute Gasteiger partial charge is 0.343 e. The summed E-state index contributed by atoms with van der Waals surface area (Å²) in [6.07, 6.45) is 1.23. The zero-order valence-electron chi connectivity index (χ0n) is 13.5. The van der Waals surface area contributed by atoms with E-state index in [-0.39, 0.29) is 24.4 Å². The van der Waals surface area contributed by atoms with E-state index in [1.54, 1.807) is 0 Å². The number of likely N-dealkylation sites (N-methyl/N-ethyl adjacent to an activating group) is 1. The molecular formula is C19H25ClN2O. The van der Waals surface area contributed by atoms with Gasteiger partial charge in [-0.2, -0.15) is 0 Å². The van der Waals surface area contributed by atoms with E-state index in [2.05, 4.69) is 12.1 Å². The highest BCUT2D eigenvalue weighted by atomic mass is 35.5. The fourth-order valence-corrected chi connectivity index (χ4v) is 2.50. The van der Waals surface area contributed by atoms with Crippen LogP contribution < -0.4 is 5.73 Å². The van der Waals surface area contributed by atoms with Gasteiger partial charge in [-0.05, 0) is 24.5 Å². The molecule has 2 rings (SSSR count). The molecule has 0 heterocycles. The van der Waals surface area contributed by atoms with Crippen molar-refractivity contribution in [1.82, 2.24) is 4.90 Å². The van der Waals surface area contributed by atoms with Gasteiger partial charge in [0.15, 0.2) is 0 Å². The Bertz CT molecular complexity index is 574. The number of carbonyl (C=O) groups is 1. The van der Waals surface area contributed by atoms with Crippen LogP contribution in [0.3, 0.4) is 0 Å². The van der Waals surface area contributed by atoms with Crippen molar-refractivity contribution < 1.29 is 4.79 Å². The maximum absolute atomic E-state index is 12.4. The van der Waals surface area contributed by atoms with E-state index in [1.807, 2.05) is 60.4 Å². The van der Waals surface area contributed by atoms with Crippen molar-refractivity contribution in [1.29, 1.82) is 0 Å². The quantitative estimate of drug-likeness (QED) is 0.842. The molecule has 0 radical (unpaired) electrons. The third-order valence-electron chi connectivity index (χ3n) is 3.87. The second kappa shape index (κ2) is 10.0. The van der Waals surface area contributed by atoms with E-state index in [9.17, 15) is 4.79 Å². The smallest absolute Gasteiger partial charge is 0.224 e. The van der Waals surface area contributed by atoms with Gasteiger partial charge in [0, 0.05) is 25.6 Å². The van der Waals surface area contributed by atoms with E-state index in [0.29, 0.717) is 13.0 Å². The first-order valence-corrected chi connectivity index (χ1v) is 7.83. The average Bonchev–Trinajstić information content (AvgIpc) is 2.57. The molecule has 23 heavy (non-hydrogen) atoms. The van der Waals surface area contributed by atoms with Crippen LogP contribution in [0.1, 0.15) is 30.5 Å². The van der Waals surface area contributed by atoms with Crippen molar-refractivity contribution >= 4 is 18.3 Å². The molecule has 0 aliphatic rings. The zero-order chi connectivity index (χ0) is 15.8. The molecule has 124 valence electrons. The van der Waals surface area contributed by atoms with Gasteiger partial charge in [0.2, 0.25) is 5.91 Å². The van der Waals surface area contributed by atoms with E-state index < -0.39 is 0 Å². The van der Waals surface area contributed by atoms with E-state index >= 15 is 0 Å². The standard InChI is InChI=1S/C19H24N2O.ClH/c1-2-21(14-13-16-9-5-3-6-10-16)19(22)15-18(20)17-11-7-4-8-12-17;/h3-12,18H,2,13-15,20H2,1H3;1H. The molecule has 0 saturated heterocycles. The van der Waals surface area contributed by atoms with Gasteiger partial charge >= 0.3 is 0 Å². The molecule has 0 bridgehead atoms. The predicted octanol–water partition coefficient (Wildman–Crippen LogP) is 3.59. The van der Waals surface area contributed by atoms with Crippen molar-refractivity contribution in [2.45, 2.75) is 25.8 Å². The van der Waals surface area contributed by atoms with Gasteiger partial charge in [-0.25, -0.2) is 0 Å². The minimum absolute atomic E-state index is 0. The Morgan fingerprint density at radius 2 is 1.61 bits per heavy atom. The van der Waals surface area contributed by atoms with Crippen LogP contribution in [0.15, 0.2) is 60.7 Å². The van der Waals surface area contributed by atoms with Crippen LogP contribution in [0.25, 0.3) is 0 Å². The molecule has 1 amide bonds. The summed E-state index contributed by atoms with van der Waals surface area (Å²) < 4.78 is 0. The number of carbonyl (C=O) groups excluding carboxylic acids is 1. The van der Waals surface area contributed by atoms with E-state index in [1.165, 1.54) is 5.56 Å². The monoisotopic (exact) mass is 332 g/mol. The number of rotatable bonds is 7. The first kappa shape index (κ1) is 19.2. The molecule has 0 aliphatic heterocycles. The molecule has 0 aliphatic carbocycles. The highest BCUT2D eigenvalue weighted by molar-refractivity contribution is 5.85. The molecule has 2 aromatic rings. The van der Waals surface area contributed by atoms with Crippen LogP contribution in [-0.4, -0.2) is 23.9 Å². The molecule has 1 unspecified atom stereocenters. The normalized spacial score (nSPS) is 11.4. The van der Waals surface area contributed by atoms with Gasteiger partial charge in [-0.15, -0.1) is 12.4 Å². The predicted molar refractivity (Wildman–Crippen MR) is 97.6 cm³/mol. The fraction of sp³-hybridized carbons (Fsp3) is 0.316. The Kier molecular flexibility index (Phi) is 8.38. The van der Waals surface area contributed by atoms with Crippen molar-refractivity contribution in [3.63, 3.8) is 0 Å². The van der Waals surface area contributed by atoms with Crippen LogP contribution in [0.2, 0.25) is 0 Å². The molecule has 1 atom stereocenters. The summed E-state index contributed by atoms with van der Waals surface area (Å²) in [5.41, 5.74) is 8.41. The van der Waals surface area contributed by atoms with Crippen molar-refractivity contribution in [2.24, 2.45) is 5.73 Å². The highest BCUT2D eigenvalue weighted by Crippen LogP contribution is 2.15. The number of nitrogens with zero attached hydrogens (tertiary/aromatic N) is 1. The molecular weight excluding hydrogens is 308 g/mol. The van der Waals surface area contributed by atoms with Crippen molar-refractivity contribution in [3.05, 3.63) is 71.8 Å². The highest BCUT2D eigenvalue weighted by Gasteiger charge is 2.16. The lowest BCUT2D eigenvalue weighted by Crippen LogP contribution is -2.34. The molecule has 2 N–H and O–H groups in total. The summed E-state index contributed by atoms with van der Waals surface area (Å²) in [5, 5.41) is 0. The Balaban J connectivity index is 0.00000264. The molecule has 3 nitrogen and oxygen atoms in total. The second-order valence-corrected chi connectivity index (χ2v) is 5.43. The topological polar surface area (TPSA) is 46.3 Å². The molecule has 0 aromatic heterocycles. The molecule has 4 heteroatoms. The summed E-state index contributed by atoms with van der Waals surface area (Å²) in [5.74, 6) is 0.120. The lowest BCUT2D eigenvalue weighted by Gasteiger charge is -2.23. The minimum Gasteiger partial charge on any atom is -0.343 e. The third kappa shape index (κ3) is 6.05. The number of amides is 1. The summed E-state index contributed by atoms with van der Waals surface area (Å²) in [7, 11) is 0. The van der Waals surface area contributed by atoms with Crippen molar-refractivity contribution in [2.75, 3.05) is 13.1 Å². The number of halogens is 1. The summed E-state index contributed by atoms with van der Waals surface area (Å²) in [6.45, 7) is 3.46. The zero-order valence-corrected chi connectivity index (χ0v) is 14.3. The number of nitrogens with two attached hydrogens (primary N) is 1. The minimum atomic E-state index is -0.237.